The second kappa shape index (κ2) is 12.0. The lowest BCUT2D eigenvalue weighted by atomic mass is 10.1. The molecule has 0 aromatic rings. The van der Waals surface area contributed by atoms with Gasteiger partial charge in [0.25, 0.3) is 0 Å². The average molecular weight is 333 g/mol. The van der Waals surface area contributed by atoms with Gasteiger partial charge < -0.3 is 20.3 Å². The highest BCUT2D eigenvalue weighted by molar-refractivity contribution is 5.93. The Morgan fingerprint density at radius 1 is 1.22 bits per heavy atom. The van der Waals surface area contributed by atoms with E-state index in [0.29, 0.717) is 26.3 Å². The van der Waals surface area contributed by atoms with Gasteiger partial charge in [0.1, 0.15) is 6.67 Å². The molecule has 1 unspecified atom stereocenters. The number of amides is 2. The van der Waals surface area contributed by atoms with E-state index in [1.807, 2.05) is 13.8 Å². The zero-order valence-electron chi connectivity index (χ0n) is 14.4. The summed E-state index contributed by atoms with van der Waals surface area (Å²) in [5.41, 5.74) is 0. The topological polar surface area (TPSA) is 87.7 Å². The van der Waals surface area contributed by atoms with Crippen molar-refractivity contribution in [3.63, 3.8) is 0 Å². The van der Waals surface area contributed by atoms with E-state index in [2.05, 4.69) is 10.6 Å². The van der Waals surface area contributed by atoms with Crippen molar-refractivity contribution in [1.82, 2.24) is 15.5 Å². The first-order chi connectivity index (χ1) is 11.0. The Balaban J connectivity index is 0.00000232. The lowest BCUT2D eigenvalue weighted by molar-refractivity contribution is -0.138. The minimum Gasteiger partial charge on any atom is -0.378 e. The van der Waals surface area contributed by atoms with Gasteiger partial charge in [0, 0.05) is 13.1 Å². The second-order valence-corrected chi connectivity index (χ2v) is 4.87. The lowest BCUT2D eigenvalue weighted by Gasteiger charge is -2.28. The van der Waals surface area contributed by atoms with Crippen LogP contribution in [0.1, 0.15) is 27.2 Å². The Labute approximate surface area is 136 Å². The van der Waals surface area contributed by atoms with Crippen molar-refractivity contribution in [1.29, 1.82) is 0 Å². The van der Waals surface area contributed by atoms with Crippen molar-refractivity contribution >= 4 is 17.6 Å². The van der Waals surface area contributed by atoms with E-state index < -0.39 is 30.4 Å². The number of ether oxygens (including phenoxy) is 1. The minimum atomic E-state index is -1.13. The molecule has 0 spiro atoms. The van der Waals surface area contributed by atoms with E-state index in [0.717, 1.165) is 0 Å². The van der Waals surface area contributed by atoms with Crippen LogP contribution in [-0.2, 0) is 19.1 Å². The Morgan fingerprint density at radius 2 is 1.78 bits per heavy atom. The molecule has 0 aromatic heterocycles. The summed E-state index contributed by atoms with van der Waals surface area (Å²) in [5, 5.41) is 5.14. The second-order valence-electron chi connectivity index (χ2n) is 4.87. The molecule has 7 nitrogen and oxygen atoms in total. The standard InChI is InChI=1S/C13H22FN3O4.C2H6/c1-9(11(18)8-14)16-13(20)10(15-2)7-12(19)17-3-5-21-6-4-17;1-2/h9-10,15H,3-8H2,1-2H3,(H,16,20);1-2H3/t9?,10-;/m0./s1. The fourth-order valence-electron chi connectivity index (χ4n) is 1.95. The van der Waals surface area contributed by atoms with Gasteiger partial charge in [-0.25, -0.2) is 4.39 Å². The van der Waals surface area contributed by atoms with Crippen molar-refractivity contribution in [2.75, 3.05) is 40.0 Å². The van der Waals surface area contributed by atoms with Crippen LogP contribution in [0.15, 0.2) is 0 Å². The highest BCUT2D eigenvalue weighted by Gasteiger charge is 2.26. The number of halogens is 1. The van der Waals surface area contributed by atoms with Crippen LogP contribution < -0.4 is 10.6 Å². The maximum absolute atomic E-state index is 12.2. The molecule has 1 saturated heterocycles. The number of ketones is 1. The van der Waals surface area contributed by atoms with Crippen LogP contribution in [0.4, 0.5) is 4.39 Å². The first-order valence-corrected chi connectivity index (χ1v) is 7.91. The van der Waals surface area contributed by atoms with E-state index in [9.17, 15) is 18.8 Å². The minimum absolute atomic E-state index is 0.0150. The van der Waals surface area contributed by atoms with E-state index in [1.165, 1.54) is 6.92 Å². The smallest absolute Gasteiger partial charge is 0.238 e. The van der Waals surface area contributed by atoms with E-state index in [-0.39, 0.29) is 12.3 Å². The average Bonchev–Trinajstić information content (AvgIpc) is 2.60. The van der Waals surface area contributed by atoms with Gasteiger partial charge in [-0.2, -0.15) is 0 Å². The molecule has 0 bridgehead atoms. The molecule has 23 heavy (non-hydrogen) atoms. The molecule has 0 aliphatic carbocycles. The van der Waals surface area contributed by atoms with Crippen molar-refractivity contribution in [2.24, 2.45) is 0 Å². The predicted molar refractivity (Wildman–Crippen MR) is 84.8 cm³/mol. The molecule has 1 heterocycles. The molecule has 2 amide bonds. The van der Waals surface area contributed by atoms with E-state index in [1.54, 1.807) is 11.9 Å². The van der Waals surface area contributed by atoms with Gasteiger partial charge in [-0.15, -0.1) is 0 Å². The van der Waals surface area contributed by atoms with Crippen LogP contribution in [0.25, 0.3) is 0 Å². The molecule has 1 fully saturated rings. The number of carbonyl (C=O) groups is 3. The maximum atomic E-state index is 12.2. The molecule has 1 aliphatic heterocycles. The first kappa shape index (κ1) is 21.5. The lowest BCUT2D eigenvalue weighted by Crippen LogP contribution is -2.51. The Bertz CT molecular complexity index is 387. The molecule has 1 rings (SSSR count). The molecule has 0 radical (unpaired) electrons. The van der Waals surface area contributed by atoms with Crippen LogP contribution in [0.5, 0.6) is 0 Å². The van der Waals surface area contributed by atoms with Gasteiger partial charge in [0.2, 0.25) is 11.8 Å². The maximum Gasteiger partial charge on any atom is 0.238 e. The van der Waals surface area contributed by atoms with Crippen LogP contribution in [-0.4, -0.2) is 74.6 Å². The normalized spacial score (nSPS) is 16.7. The van der Waals surface area contributed by atoms with Crippen molar-refractivity contribution in [3.05, 3.63) is 0 Å². The summed E-state index contributed by atoms with van der Waals surface area (Å²) >= 11 is 0. The highest BCUT2D eigenvalue weighted by Crippen LogP contribution is 2.03. The Morgan fingerprint density at radius 3 is 2.26 bits per heavy atom. The zero-order chi connectivity index (χ0) is 17.8. The fraction of sp³-hybridized carbons (Fsp3) is 0.800. The summed E-state index contributed by atoms with van der Waals surface area (Å²) in [6, 6.07) is -1.66. The number of nitrogens with one attached hydrogen (secondary N) is 2. The molecular formula is C15H28FN3O4. The number of hydrogen-bond acceptors (Lipinski definition) is 5. The fourth-order valence-corrected chi connectivity index (χ4v) is 1.95. The van der Waals surface area contributed by atoms with Gasteiger partial charge in [-0.1, -0.05) is 13.8 Å². The summed E-state index contributed by atoms with van der Waals surface area (Å²) in [6.45, 7) is 6.28. The first-order valence-electron chi connectivity index (χ1n) is 7.91. The number of rotatable bonds is 7. The van der Waals surface area contributed by atoms with Gasteiger partial charge in [-0.3, -0.25) is 14.4 Å². The van der Waals surface area contributed by atoms with Gasteiger partial charge >= 0.3 is 0 Å². The van der Waals surface area contributed by atoms with Crippen molar-refractivity contribution in [2.45, 2.75) is 39.3 Å². The number of hydrogen-bond donors (Lipinski definition) is 2. The Hall–Kier alpha value is -1.54. The monoisotopic (exact) mass is 333 g/mol. The van der Waals surface area contributed by atoms with Gasteiger partial charge in [0.05, 0.1) is 31.7 Å². The van der Waals surface area contributed by atoms with Crippen LogP contribution in [0.2, 0.25) is 0 Å². The molecule has 134 valence electrons. The summed E-state index contributed by atoms with van der Waals surface area (Å²) in [4.78, 5) is 36.8. The van der Waals surface area contributed by atoms with E-state index in [4.69, 9.17) is 4.74 Å². The van der Waals surface area contributed by atoms with Crippen LogP contribution in [0.3, 0.4) is 0 Å². The SMILES string of the molecule is CC.CN[C@@H](CC(=O)N1CCOCC1)C(=O)NC(C)C(=O)CF. The molecule has 0 aromatic carbocycles. The van der Waals surface area contributed by atoms with Crippen LogP contribution >= 0.6 is 0 Å². The summed E-state index contributed by atoms with van der Waals surface area (Å²) in [5.74, 6) is -1.34. The molecular weight excluding hydrogens is 305 g/mol. The predicted octanol–water partition coefficient (Wildman–Crippen LogP) is -0.107. The van der Waals surface area contributed by atoms with E-state index >= 15 is 0 Å². The third-order valence-corrected chi connectivity index (χ3v) is 3.38. The quantitative estimate of drug-likeness (QED) is 0.679. The molecule has 1 aliphatic rings. The van der Waals surface area contributed by atoms with Crippen molar-refractivity contribution in [3.8, 4) is 0 Å². The number of Topliss-reactive ketones (excluding diaryl/α,β-unsaturated/α-hetero) is 1. The number of likely N-dealkylation sites (N-methyl/N-ethyl adjacent to an activating group) is 1. The molecule has 2 N–H and O–H groups in total. The zero-order valence-corrected chi connectivity index (χ0v) is 14.4. The highest BCUT2D eigenvalue weighted by atomic mass is 19.1. The summed E-state index contributed by atoms with van der Waals surface area (Å²) < 4.78 is 17.4. The summed E-state index contributed by atoms with van der Waals surface area (Å²) in [7, 11) is 1.55. The third-order valence-electron chi connectivity index (χ3n) is 3.38. The number of morpholine rings is 1. The molecule has 8 heteroatoms. The molecule has 0 saturated carbocycles. The molecule has 2 atom stereocenters. The largest absolute Gasteiger partial charge is 0.378 e. The Kier molecular flexibility index (Phi) is 11.2. The van der Waals surface area contributed by atoms with Crippen LogP contribution in [0, 0.1) is 0 Å². The summed E-state index contributed by atoms with van der Waals surface area (Å²) in [6.07, 6.45) is -0.0150. The number of alkyl halides is 1. The number of nitrogens with zero attached hydrogens (tertiary/aromatic N) is 1. The van der Waals surface area contributed by atoms with Crippen molar-refractivity contribution < 1.29 is 23.5 Å². The van der Waals surface area contributed by atoms with Gasteiger partial charge in [-0.05, 0) is 14.0 Å². The number of carbonyl (C=O) groups excluding carboxylic acids is 3. The third kappa shape index (κ3) is 7.51. The van der Waals surface area contributed by atoms with Gasteiger partial charge in [0.15, 0.2) is 5.78 Å².